The van der Waals surface area contributed by atoms with E-state index in [2.05, 4.69) is 18.2 Å². The van der Waals surface area contributed by atoms with Gasteiger partial charge in [-0.05, 0) is 60.0 Å². The number of nitrogens with zero attached hydrogens (tertiary/aromatic N) is 1. The van der Waals surface area contributed by atoms with Gasteiger partial charge in [0.1, 0.15) is 7.05 Å². The van der Waals surface area contributed by atoms with Crippen LogP contribution in [-0.4, -0.2) is 0 Å². The molecule has 1 heterocycles. The molecule has 0 saturated heterocycles. The molecule has 1 nitrogen and oxygen atoms in total. The Labute approximate surface area is 165 Å². The Kier molecular flexibility index (Phi) is 3.50. The maximum absolute atomic E-state index is 8.48. The first-order valence-corrected chi connectivity index (χ1v) is 8.94. The number of hydrogen-bond donors (Lipinski definition) is 0. The van der Waals surface area contributed by atoms with Crippen molar-refractivity contribution < 1.29 is 11.4 Å². The van der Waals surface area contributed by atoms with Gasteiger partial charge in [0.15, 0.2) is 6.20 Å². The van der Waals surface area contributed by atoms with Crippen LogP contribution in [-0.2, 0) is 13.4 Å². The van der Waals surface area contributed by atoms with Crippen molar-refractivity contribution in [2.75, 3.05) is 0 Å². The lowest BCUT2D eigenvalue weighted by Crippen LogP contribution is -2.31. The normalized spacial score (nSPS) is 15.5. The highest BCUT2D eigenvalue weighted by Crippen LogP contribution is 2.29. The fraction of sp³-hybridized carbons (Fsp3) is 0.320. The summed E-state index contributed by atoms with van der Waals surface area (Å²) in [5, 5.41) is 0. The lowest BCUT2D eigenvalue weighted by molar-refractivity contribution is -0.660. The van der Waals surface area contributed by atoms with Crippen molar-refractivity contribution >= 4 is 0 Å². The average Bonchev–Trinajstić information content (AvgIpc) is 2.67. The van der Waals surface area contributed by atoms with Gasteiger partial charge in [0, 0.05) is 24.0 Å². The molecule has 0 bridgehead atoms. The standard InChI is InChI=1S/C25H30N/c1-18-7-14-24(26(6)17-18)23-15-22(11-8-19(23)2)21-12-9-20(10-13-21)16-25(3,4)5/h7-15,17H,16H2,1-6H3/q+1/i1D3,16D2. The lowest BCUT2D eigenvalue weighted by Gasteiger charge is -2.18. The van der Waals surface area contributed by atoms with Crippen LogP contribution in [0.25, 0.3) is 22.4 Å². The van der Waals surface area contributed by atoms with Crippen LogP contribution in [0.1, 0.15) is 44.3 Å². The van der Waals surface area contributed by atoms with Crippen LogP contribution in [0.15, 0.2) is 60.8 Å². The summed E-state index contributed by atoms with van der Waals surface area (Å²) in [7, 11) is 1.86. The first-order chi connectivity index (χ1) is 14.2. The van der Waals surface area contributed by atoms with Crippen molar-refractivity contribution in [3.05, 3.63) is 77.5 Å². The first kappa shape index (κ1) is 12.9. The van der Waals surface area contributed by atoms with E-state index in [-0.39, 0.29) is 0 Å². The summed E-state index contributed by atoms with van der Waals surface area (Å²) in [6.07, 6.45) is 0.236. The predicted molar refractivity (Wildman–Crippen MR) is 111 cm³/mol. The van der Waals surface area contributed by atoms with Crippen molar-refractivity contribution in [1.82, 2.24) is 0 Å². The maximum atomic E-state index is 8.48. The molecule has 1 aromatic heterocycles. The van der Waals surface area contributed by atoms with Crippen LogP contribution < -0.4 is 4.57 Å². The molecule has 134 valence electrons. The van der Waals surface area contributed by atoms with Gasteiger partial charge in [-0.2, -0.15) is 0 Å². The highest BCUT2D eigenvalue weighted by molar-refractivity contribution is 5.72. The second kappa shape index (κ2) is 7.07. The largest absolute Gasteiger partial charge is 0.212 e. The molecule has 3 aromatic rings. The van der Waals surface area contributed by atoms with Crippen LogP contribution in [0.5, 0.6) is 0 Å². The minimum Gasteiger partial charge on any atom is -0.201 e. The second-order valence-corrected chi connectivity index (χ2v) is 7.90. The molecule has 0 fully saturated rings. The molecule has 0 N–H and O–H groups in total. The topological polar surface area (TPSA) is 3.88 Å². The number of hydrogen-bond acceptors (Lipinski definition) is 0. The van der Waals surface area contributed by atoms with E-state index in [0.29, 0.717) is 11.1 Å². The predicted octanol–water partition coefficient (Wildman–Crippen LogP) is 6.05. The molecule has 26 heavy (non-hydrogen) atoms. The Morgan fingerprint density at radius 2 is 1.65 bits per heavy atom. The van der Waals surface area contributed by atoms with Gasteiger partial charge in [-0.1, -0.05) is 57.2 Å². The van der Waals surface area contributed by atoms with Crippen LogP contribution in [0.4, 0.5) is 0 Å². The van der Waals surface area contributed by atoms with Crippen molar-refractivity contribution in [2.45, 2.75) is 40.9 Å². The van der Waals surface area contributed by atoms with E-state index in [1.165, 1.54) is 0 Å². The highest BCUT2D eigenvalue weighted by Gasteiger charge is 2.14. The Morgan fingerprint density at radius 3 is 2.27 bits per heavy atom. The van der Waals surface area contributed by atoms with E-state index >= 15 is 0 Å². The Hall–Kier alpha value is -2.41. The third-order valence-corrected chi connectivity index (χ3v) is 4.38. The van der Waals surface area contributed by atoms with Crippen molar-refractivity contribution in [3.8, 4) is 22.4 Å². The zero-order valence-electron chi connectivity index (χ0n) is 21.2. The summed E-state index contributed by atoms with van der Waals surface area (Å²) in [5.41, 5.74) is 5.60. The third-order valence-electron chi connectivity index (χ3n) is 4.38. The summed E-state index contributed by atoms with van der Waals surface area (Å²) in [5.74, 6) is 0. The quantitative estimate of drug-likeness (QED) is 0.507. The van der Waals surface area contributed by atoms with Crippen molar-refractivity contribution in [3.63, 3.8) is 0 Å². The summed E-state index contributed by atoms with van der Waals surface area (Å²) in [4.78, 5) is 0. The molecule has 0 radical (unpaired) electrons. The summed E-state index contributed by atoms with van der Waals surface area (Å²) >= 11 is 0. The third kappa shape index (κ3) is 4.22. The number of pyridine rings is 1. The van der Waals surface area contributed by atoms with Gasteiger partial charge in [-0.25, -0.2) is 4.57 Å². The molecule has 0 saturated carbocycles. The Morgan fingerprint density at radius 1 is 0.962 bits per heavy atom. The van der Waals surface area contributed by atoms with E-state index < -0.39 is 18.6 Å². The van der Waals surface area contributed by atoms with Crippen molar-refractivity contribution in [1.29, 1.82) is 0 Å². The molecule has 0 spiro atoms. The minimum absolute atomic E-state index is 0.316. The van der Waals surface area contributed by atoms with Gasteiger partial charge in [-0.3, -0.25) is 0 Å². The number of aryl methyl sites for hydroxylation is 3. The van der Waals surface area contributed by atoms with Gasteiger partial charge in [0.2, 0.25) is 5.69 Å². The first-order valence-electron chi connectivity index (χ1n) is 11.4. The van der Waals surface area contributed by atoms with E-state index in [9.17, 15) is 0 Å². The molecule has 3 rings (SSSR count). The van der Waals surface area contributed by atoms with E-state index in [0.717, 1.165) is 27.9 Å². The summed E-state index contributed by atoms with van der Waals surface area (Å²) < 4.78 is 41.7. The van der Waals surface area contributed by atoms with E-state index in [1.807, 2.05) is 69.6 Å². The lowest BCUT2D eigenvalue weighted by atomic mass is 9.87. The van der Waals surface area contributed by atoms with Crippen LogP contribution >= 0.6 is 0 Å². The fourth-order valence-corrected chi connectivity index (χ4v) is 3.14. The maximum Gasteiger partial charge on any atom is 0.212 e. The molecule has 0 unspecified atom stereocenters. The molecular weight excluding hydrogens is 314 g/mol. The Balaban J connectivity index is 2.01. The second-order valence-electron chi connectivity index (χ2n) is 7.90. The molecule has 0 atom stereocenters. The molecule has 0 aliphatic heterocycles. The van der Waals surface area contributed by atoms with Gasteiger partial charge in [0.05, 0.1) is 0 Å². The van der Waals surface area contributed by atoms with Gasteiger partial charge >= 0.3 is 0 Å². The minimum atomic E-state index is -2.13. The number of aromatic nitrogens is 1. The molecule has 1 heteroatoms. The SMILES string of the molecule is [2H]C([2H])([2H])c1ccc(-c2cc(-c3ccc(C([2H])([2H])C(C)(C)C)cc3)ccc2C)[n+](C)c1. The summed E-state index contributed by atoms with van der Waals surface area (Å²) in [6.45, 7) is 5.63. The van der Waals surface area contributed by atoms with Gasteiger partial charge in [0.25, 0.3) is 0 Å². The average molecular weight is 350 g/mol. The Bertz CT molecular complexity index is 1090. The zero-order chi connectivity index (χ0) is 23.2. The molecule has 0 aliphatic carbocycles. The van der Waals surface area contributed by atoms with Crippen LogP contribution in [0.3, 0.4) is 0 Å². The number of benzene rings is 2. The molecule has 2 aromatic carbocycles. The highest BCUT2D eigenvalue weighted by atomic mass is 14.9. The summed E-state index contributed by atoms with van der Waals surface area (Å²) in [6, 6.07) is 17.4. The van der Waals surface area contributed by atoms with E-state index in [1.54, 1.807) is 12.3 Å². The molecule has 0 aliphatic rings. The molecular formula is C25H30N+. The monoisotopic (exact) mass is 349 g/mol. The number of rotatable bonds is 3. The zero-order valence-corrected chi connectivity index (χ0v) is 16.2. The van der Waals surface area contributed by atoms with Crippen molar-refractivity contribution in [2.24, 2.45) is 12.5 Å². The fourth-order valence-electron chi connectivity index (χ4n) is 3.14. The molecule has 0 amide bonds. The van der Waals surface area contributed by atoms with Crippen LogP contribution in [0, 0.1) is 19.2 Å². The van der Waals surface area contributed by atoms with Gasteiger partial charge < -0.3 is 0 Å². The smallest absolute Gasteiger partial charge is 0.201 e. The van der Waals surface area contributed by atoms with Crippen LogP contribution in [0.2, 0.25) is 0 Å². The van der Waals surface area contributed by atoms with E-state index in [4.69, 9.17) is 6.85 Å². The van der Waals surface area contributed by atoms with Gasteiger partial charge in [-0.15, -0.1) is 0 Å².